The highest BCUT2D eigenvalue weighted by Gasteiger charge is 2.31. The predicted molar refractivity (Wildman–Crippen MR) is 73.2 cm³/mol. The molecule has 1 aromatic carbocycles. The number of halogens is 1. The first-order valence-electron chi connectivity index (χ1n) is 5.82. The van der Waals surface area contributed by atoms with Crippen LogP contribution in [-0.2, 0) is 9.53 Å². The largest absolute Gasteiger partial charge is 0.489 e. The maximum Gasteiger partial charge on any atom is 0.323 e. The lowest BCUT2D eigenvalue weighted by atomic mass is 10.2. The Balaban J connectivity index is 0.00000200. The van der Waals surface area contributed by atoms with E-state index in [1.165, 1.54) is 19.2 Å². The summed E-state index contributed by atoms with van der Waals surface area (Å²) in [4.78, 5) is 21.4. The van der Waals surface area contributed by atoms with E-state index in [2.05, 4.69) is 10.1 Å². The van der Waals surface area contributed by atoms with E-state index >= 15 is 0 Å². The van der Waals surface area contributed by atoms with Gasteiger partial charge in [-0.25, -0.2) is 0 Å². The van der Waals surface area contributed by atoms with E-state index in [0.29, 0.717) is 18.7 Å². The molecule has 0 bridgehead atoms. The number of ether oxygens (including phenoxy) is 2. The van der Waals surface area contributed by atoms with E-state index in [9.17, 15) is 14.9 Å². The molecule has 7 nitrogen and oxygen atoms in total. The van der Waals surface area contributed by atoms with Gasteiger partial charge in [0.25, 0.3) is 5.69 Å². The van der Waals surface area contributed by atoms with E-state index in [4.69, 9.17) is 4.74 Å². The van der Waals surface area contributed by atoms with E-state index in [-0.39, 0.29) is 36.2 Å². The van der Waals surface area contributed by atoms with Crippen molar-refractivity contribution >= 4 is 24.1 Å². The molecule has 0 spiro atoms. The molecule has 1 aliphatic heterocycles. The van der Waals surface area contributed by atoms with E-state index in [0.717, 1.165) is 0 Å². The molecule has 110 valence electrons. The smallest absolute Gasteiger partial charge is 0.323 e. The first kappa shape index (κ1) is 16.2. The standard InChI is InChI=1S/C12H14N2O5.ClH/c1-18-12(15)11-6-10(7-13-11)19-9-4-2-8(3-5-9)14(16)17;/h2-5,10-11,13H,6-7H2,1H3;1H/t10-,11-;/m0./s1. The van der Waals surface area contributed by atoms with Gasteiger partial charge in [-0.05, 0) is 12.1 Å². The maximum absolute atomic E-state index is 11.3. The first-order valence-corrected chi connectivity index (χ1v) is 5.82. The monoisotopic (exact) mass is 302 g/mol. The fourth-order valence-electron chi connectivity index (χ4n) is 1.95. The lowest BCUT2D eigenvalue weighted by Crippen LogP contribution is -2.31. The van der Waals surface area contributed by atoms with Crippen molar-refractivity contribution in [3.8, 4) is 5.75 Å². The molecular formula is C12H15ClN2O5. The summed E-state index contributed by atoms with van der Waals surface area (Å²) in [6, 6.07) is 5.51. The quantitative estimate of drug-likeness (QED) is 0.512. The van der Waals surface area contributed by atoms with Crippen molar-refractivity contribution in [1.29, 1.82) is 0 Å². The zero-order valence-electron chi connectivity index (χ0n) is 10.8. The SMILES string of the molecule is COC(=O)[C@@H]1C[C@H](Oc2ccc([N+](=O)[O-])cc2)CN1.Cl. The number of benzene rings is 1. The number of rotatable bonds is 4. The van der Waals surface area contributed by atoms with Gasteiger partial charge in [0.05, 0.1) is 12.0 Å². The lowest BCUT2D eigenvalue weighted by molar-refractivity contribution is -0.384. The minimum atomic E-state index is -0.464. The average molecular weight is 303 g/mol. The summed E-state index contributed by atoms with van der Waals surface area (Å²) in [6.45, 7) is 0.538. The van der Waals surface area contributed by atoms with Crippen LogP contribution in [0.25, 0.3) is 0 Å². The highest BCUT2D eigenvalue weighted by Crippen LogP contribution is 2.21. The van der Waals surface area contributed by atoms with Crippen LogP contribution in [0.2, 0.25) is 0 Å². The Kier molecular flexibility index (Phi) is 5.72. The zero-order valence-corrected chi connectivity index (χ0v) is 11.6. The summed E-state index contributed by atoms with van der Waals surface area (Å²) < 4.78 is 10.3. The Morgan fingerprint density at radius 1 is 1.40 bits per heavy atom. The van der Waals surface area contributed by atoms with Gasteiger partial charge in [0.1, 0.15) is 17.9 Å². The van der Waals surface area contributed by atoms with Crippen molar-refractivity contribution in [2.75, 3.05) is 13.7 Å². The second kappa shape index (κ2) is 7.06. The molecule has 1 fully saturated rings. The van der Waals surface area contributed by atoms with Crippen LogP contribution in [0.5, 0.6) is 5.75 Å². The Labute approximate surface area is 121 Å². The zero-order chi connectivity index (χ0) is 13.8. The number of nitro benzene ring substituents is 1. The van der Waals surface area contributed by atoms with Gasteiger partial charge in [-0.15, -0.1) is 12.4 Å². The molecule has 0 saturated carbocycles. The van der Waals surface area contributed by atoms with Crippen molar-refractivity contribution in [2.24, 2.45) is 0 Å². The summed E-state index contributed by atoms with van der Waals surface area (Å²) >= 11 is 0. The fraction of sp³-hybridized carbons (Fsp3) is 0.417. The van der Waals surface area contributed by atoms with Gasteiger partial charge in [0.2, 0.25) is 0 Å². The average Bonchev–Trinajstić information content (AvgIpc) is 2.87. The Morgan fingerprint density at radius 2 is 2.05 bits per heavy atom. The van der Waals surface area contributed by atoms with E-state index < -0.39 is 4.92 Å². The Bertz CT molecular complexity index is 479. The minimum absolute atomic E-state index is 0. The number of methoxy groups -OCH3 is 1. The molecule has 1 aromatic rings. The molecule has 2 atom stereocenters. The number of carbonyl (C=O) groups is 1. The van der Waals surface area contributed by atoms with Crippen LogP contribution in [-0.4, -0.2) is 36.7 Å². The van der Waals surface area contributed by atoms with Crippen LogP contribution in [0.3, 0.4) is 0 Å². The molecule has 8 heteroatoms. The van der Waals surface area contributed by atoms with Crippen molar-refractivity contribution in [1.82, 2.24) is 5.32 Å². The molecule has 1 heterocycles. The highest BCUT2D eigenvalue weighted by molar-refractivity contribution is 5.85. The number of nitrogens with zero attached hydrogens (tertiary/aromatic N) is 1. The van der Waals surface area contributed by atoms with Crippen LogP contribution in [0.15, 0.2) is 24.3 Å². The van der Waals surface area contributed by atoms with Gasteiger partial charge >= 0.3 is 5.97 Å². The topological polar surface area (TPSA) is 90.7 Å². The normalized spacial score (nSPS) is 20.9. The van der Waals surface area contributed by atoms with Gasteiger partial charge in [0.15, 0.2) is 0 Å². The van der Waals surface area contributed by atoms with Gasteiger partial charge in [-0.1, -0.05) is 0 Å². The van der Waals surface area contributed by atoms with E-state index in [1.54, 1.807) is 12.1 Å². The molecular weight excluding hydrogens is 288 g/mol. The third kappa shape index (κ3) is 3.82. The van der Waals surface area contributed by atoms with Gasteiger partial charge < -0.3 is 14.8 Å². The predicted octanol–water partition coefficient (Wildman–Crippen LogP) is 1.30. The molecule has 0 radical (unpaired) electrons. The molecule has 0 aliphatic carbocycles. The second-order valence-electron chi connectivity index (χ2n) is 4.21. The van der Waals surface area contributed by atoms with Crippen LogP contribution in [0.1, 0.15) is 6.42 Å². The molecule has 1 saturated heterocycles. The number of esters is 1. The van der Waals surface area contributed by atoms with Crippen LogP contribution in [0.4, 0.5) is 5.69 Å². The number of carbonyl (C=O) groups excluding carboxylic acids is 1. The summed E-state index contributed by atoms with van der Waals surface area (Å²) in [5.41, 5.74) is 0.0179. The summed E-state index contributed by atoms with van der Waals surface area (Å²) in [5.74, 6) is 0.234. The van der Waals surface area contributed by atoms with Crippen LogP contribution in [0, 0.1) is 10.1 Å². The van der Waals surface area contributed by atoms with Crippen molar-refractivity contribution in [2.45, 2.75) is 18.6 Å². The number of non-ortho nitro benzene ring substituents is 1. The molecule has 20 heavy (non-hydrogen) atoms. The van der Waals surface area contributed by atoms with Crippen LogP contribution < -0.4 is 10.1 Å². The second-order valence-corrected chi connectivity index (χ2v) is 4.21. The molecule has 0 amide bonds. The van der Waals surface area contributed by atoms with Gasteiger partial charge in [-0.2, -0.15) is 0 Å². The summed E-state index contributed by atoms with van der Waals surface area (Å²) in [7, 11) is 1.34. The fourth-order valence-corrected chi connectivity index (χ4v) is 1.95. The molecule has 2 rings (SSSR count). The lowest BCUT2D eigenvalue weighted by Gasteiger charge is -2.12. The summed E-state index contributed by atoms with van der Waals surface area (Å²) in [6.07, 6.45) is 0.370. The number of nitrogens with one attached hydrogen (secondary N) is 1. The third-order valence-electron chi connectivity index (χ3n) is 2.93. The maximum atomic E-state index is 11.3. The highest BCUT2D eigenvalue weighted by atomic mass is 35.5. The van der Waals surface area contributed by atoms with Gasteiger partial charge in [0, 0.05) is 25.1 Å². The number of hydrogen-bond donors (Lipinski definition) is 1. The number of hydrogen-bond acceptors (Lipinski definition) is 6. The van der Waals surface area contributed by atoms with Crippen molar-refractivity contribution in [3.05, 3.63) is 34.4 Å². The molecule has 0 unspecified atom stereocenters. The Morgan fingerprint density at radius 3 is 2.60 bits per heavy atom. The van der Waals surface area contributed by atoms with Gasteiger partial charge in [-0.3, -0.25) is 14.9 Å². The summed E-state index contributed by atoms with van der Waals surface area (Å²) in [5, 5.41) is 13.5. The molecule has 0 aromatic heterocycles. The van der Waals surface area contributed by atoms with Crippen molar-refractivity contribution < 1.29 is 19.2 Å². The molecule has 1 N–H and O–H groups in total. The number of nitro groups is 1. The third-order valence-corrected chi connectivity index (χ3v) is 2.93. The minimum Gasteiger partial charge on any atom is -0.489 e. The molecule has 1 aliphatic rings. The first-order chi connectivity index (χ1) is 9.10. The Hall–Kier alpha value is -1.86. The van der Waals surface area contributed by atoms with Crippen LogP contribution >= 0.6 is 12.4 Å². The van der Waals surface area contributed by atoms with E-state index in [1.807, 2.05) is 0 Å². The van der Waals surface area contributed by atoms with Crippen molar-refractivity contribution in [3.63, 3.8) is 0 Å².